The largest absolute Gasteiger partial charge is 0.481 e. The molecule has 0 aliphatic rings. The molecule has 0 heterocycles. The van der Waals surface area contributed by atoms with E-state index >= 15 is 0 Å². The zero-order valence-electron chi connectivity index (χ0n) is 12.7. The minimum atomic E-state index is -0.833. The van der Waals surface area contributed by atoms with Gasteiger partial charge in [0.25, 0.3) is 0 Å². The Balaban J connectivity index is 4.38. The van der Waals surface area contributed by atoms with Crippen LogP contribution >= 0.6 is 0 Å². The van der Waals surface area contributed by atoms with Crippen LogP contribution in [0.25, 0.3) is 0 Å². The highest BCUT2D eigenvalue weighted by Crippen LogP contribution is 2.18. The predicted octanol–water partition coefficient (Wildman–Crippen LogP) is 1.61. The summed E-state index contributed by atoms with van der Waals surface area (Å²) in [5.74, 6) is -0.696. The lowest BCUT2D eigenvalue weighted by molar-refractivity contribution is -0.138. The van der Waals surface area contributed by atoms with Gasteiger partial charge in [-0.3, -0.25) is 9.59 Å². The summed E-state index contributed by atoms with van der Waals surface area (Å²) in [5.41, 5.74) is 5.55. The Morgan fingerprint density at radius 3 is 2.16 bits per heavy atom. The van der Waals surface area contributed by atoms with Crippen LogP contribution in [-0.2, 0) is 9.59 Å². The Hall–Kier alpha value is -1.10. The summed E-state index contributed by atoms with van der Waals surface area (Å²) in [7, 11) is 0. The molecule has 0 saturated carbocycles. The standard InChI is InChI=1S/C14H28N2O3/c1-9(2)6-10(7-11(17)18)8-16-13(19)12(15)14(3,4)5/h9-10,12H,6-8,15H2,1-5H3,(H,16,19)(H,17,18)/t10-,12+/m1/s1. The molecule has 0 aromatic rings. The number of rotatable bonds is 7. The van der Waals surface area contributed by atoms with E-state index in [1.54, 1.807) is 0 Å². The Morgan fingerprint density at radius 1 is 1.26 bits per heavy atom. The van der Waals surface area contributed by atoms with Crippen LogP contribution in [0.2, 0.25) is 0 Å². The van der Waals surface area contributed by atoms with E-state index < -0.39 is 12.0 Å². The van der Waals surface area contributed by atoms with E-state index in [1.165, 1.54) is 0 Å². The summed E-state index contributed by atoms with van der Waals surface area (Å²) in [5, 5.41) is 11.6. The Morgan fingerprint density at radius 2 is 1.79 bits per heavy atom. The Labute approximate surface area is 115 Å². The summed E-state index contributed by atoms with van der Waals surface area (Å²) >= 11 is 0. The monoisotopic (exact) mass is 272 g/mol. The van der Waals surface area contributed by atoms with Crippen molar-refractivity contribution >= 4 is 11.9 Å². The molecule has 0 unspecified atom stereocenters. The van der Waals surface area contributed by atoms with E-state index in [9.17, 15) is 9.59 Å². The van der Waals surface area contributed by atoms with Crippen molar-refractivity contribution in [1.82, 2.24) is 5.32 Å². The molecule has 5 nitrogen and oxygen atoms in total. The summed E-state index contributed by atoms with van der Waals surface area (Å²) in [6, 6.07) is -0.586. The zero-order valence-corrected chi connectivity index (χ0v) is 12.7. The summed E-state index contributed by atoms with van der Waals surface area (Å²) < 4.78 is 0. The first-order chi connectivity index (χ1) is 8.54. The van der Waals surface area contributed by atoms with Gasteiger partial charge in [0.2, 0.25) is 5.91 Å². The van der Waals surface area contributed by atoms with Gasteiger partial charge < -0.3 is 16.2 Å². The number of nitrogens with one attached hydrogen (secondary N) is 1. The molecule has 4 N–H and O–H groups in total. The molecule has 0 rings (SSSR count). The molecule has 0 aromatic carbocycles. The third-order valence-corrected chi connectivity index (χ3v) is 3.05. The number of carbonyl (C=O) groups is 2. The van der Waals surface area contributed by atoms with Crippen LogP contribution in [-0.4, -0.2) is 29.6 Å². The van der Waals surface area contributed by atoms with Crippen LogP contribution in [0.1, 0.15) is 47.5 Å². The van der Waals surface area contributed by atoms with Crippen molar-refractivity contribution in [3.8, 4) is 0 Å². The van der Waals surface area contributed by atoms with E-state index in [0.29, 0.717) is 12.5 Å². The molecule has 0 radical (unpaired) electrons. The van der Waals surface area contributed by atoms with Gasteiger partial charge in [-0.05, 0) is 23.7 Å². The lowest BCUT2D eigenvalue weighted by Gasteiger charge is -2.27. The second kappa shape index (κ2) is 7.48. The lowest BCUT2D eigenvalue weighted by Crippen LogP contribution is -2.49. The van der Waals surface area contributed by atoms with Crippen LogP contribution < -0.4 is 11.1 Å². The number of aliphatic carboxylic acids is 1. The smallest absolute Gasteiger partial charge is 0.303 e. The third-order valence-electron chi connectivity index (χ3n) is 3.05. The highest BCUT2D eigenvalue weighted by Gasteiger charge is 2.27. The van der Waals surface area contributed by atoms with Gasteiger partial charge >= 0.3 is 5.97 Å². The lowest BCUT2D eigenvalue weighted by atomic mass is 9.86. The highest BCUT2D eigenvalue weighted by molar-refractivity contribution is 5.82. The molecule has 0 saturated heterocycles. The number of hydrogen-bond donors (Lipinski definition) is 3. The van der Waals surface area contributed by atoms with E-state index in [0.717, 1.165) is 6.42 Å². The van der Waals surface area contributed by atoms with E-state index in [1.807, 2.05) is 34.6 Å². The van der Waals surface area contributed by atoms with Crippen LogP contribution in [0.15, 0.2) is 0 Å². The molecule has 0 aromatic heterocycles. The van der Waals surface area contributed by atoms with Crippen LogP contribution in [0.4, 0.5) is 0 Å². The van der Waals surface area contributed by atoms with E-state index in [2.05, 4.69) is 5.32 Å². The topological polar surface area (TPSA) is 92.4 Å². The fourth-order valence-electron chi connectivity index (χ4n) is 1.90. The zero-order chi connectivity index (χ0) is 15.2. The van der Waals surface area contributed by atoms with Gasteiger partial charge in [0.15, 0.2) is 0 Å². The molecule has 112 valence electrons. The van der Waals surface area contributed by atoms with Crippen LogP contribution in [0, 0.1) is 17.3 Å². The molecule has 0 aliphatic heterocycles. The maximum Gasteiger partial charge on any atom is 0.303 e. The van der Waals surface area contributed by atoms with Gasteiger partial charge in [0.1, 0.15) is 0 Å². The van der Waals surface area contributed by atoms with Crippen LogP contribution in [0.5, 0.6) is 0 Å². The second-order valence-electron chi connectivity index (χ2n) is 6.68. The number of carboxylic acid groups (broad SMARTS) is 1. The van der Waals surface area contributed by atoms with Gasteiger partial charge in [-0.15, -0.1) is 0 Å². The Bertz CT molecular complexity index is 308. The molecular formula is C14H28N2O3. The SMILES string of the molecule is CC(C)C[C@@H](CNC(=O)[C@H](N)C(C)(C)C)CC(=O)O. The fraction of sp³-hybridized carbons (Fsp3) is 0.857. The summed E-state index contributed by atoms with van der Waals surface area (Å²) in [6.07, 6.45) is 0.848. The summed E-state index contributed by atoms with van der Waals surface area (Å²) in [4.78, 5) is 22.7. The Kier molecular flexibility index (Phi) is 7.05. The predicted molar refractivity (Wildman–Crippen MR) is 75.6 cm³/mol. The van der Waals surface area contributed by atoms with Crippen molar-refractivity contribution in [2.45, 2.75) is 53.5 Å². The maximum absolute atomic E-state index is 11.9. The fourth-order valence-corrected chi connectivity index (χ4v) is 1.90. The minimum Gasteiger partial charge on any atom is -0.481 e. The molecular weight excluding hydrogens is 244 g/mol. The first-order valence-electron chi connectivity index (χ1n) is 6.79. The van der Waals surface area contributed by atoms with Gasteiger partial charge in [-0.25, -0.2) is 0 Å². The van der Waals surface area contributed by atoms with Crippen molar-refractivity contribution in [3.05, 3.63) is 0 Å². The molecule has 0 spiro atoms. The third kappa shape index (κ3) is 7.82. The minimum absolute atomic E-state index is 0.0476. The van der Waals surface area contributed by atoms with Crippen molar-refractivity contribution in [2.24, 2.45) is 23.0 Å². The molecule has 0 fully saturated rings. The quantitative estimate of drug-likeness (QED) is 0.656. The van der Waals surface area contributed by atoms with Crippen molar-refractivity contribution in [1.29, 1.82) is 0 Å². The molecule has 19 heavy (non-hydrogen) atoms. The second-order valence-corrected chi connectivity index (χ2v) is 6.68. The number of hydrogen-bond acceptors (Lipinski definition) is 3. The molecule has 5 heteroatoms. The molecule has 0 aliphatic carbocycles. The van der Waals surface area contributed by atoms with Crippen molar-refractivity contribution in [3.63, 3.8) is 0 Å². The van der Waals surface area contributed by atoms with Gasteiger partial charge in [-0.1, -0.05) is 34.6 Å². The summed E-state index contributed by atoms with van der Waals surface area (Å²) in [6.45, 7) is 10.2. The first kappa shape index (κ1) is 17.9. The van der Waals surface area contributed by atoms with Gasteiger partial charge in [-0.2, -0.15) is 0 Å². The molecule has 0 bridgehead atoms. The van der Waals surface area contributed by atoms with Crippen LogP contribution in [0.3, 0.4) is 0 Å². The maximum atomic E-state index is 11.9. The number of carboxylic acids is 1. The average molecular weight is 272 g/mol. The molecule has 1 amide bonds. The number of carbonyl (C=O) groups excluding carboxylic acids is 1. The first-order valence-corrected chi connectivity index (χ1v) is 6.79. The van der Waals surface area contributed by atoms with Crippen molar-refractivity contribution in [2.75, 3.05) is 6.54 Å². The highest BCUT2D eigenvalue weighted by atomic mass is 16.4. The normalized spacial score (nSPS) is 15.1. The van der Waals surface area contributed by atoms with Crippen molar-refractivity contribution < 1.29 is 14.7 Å². The number of nitrogens with two attached hydrogens (primary N) is 1. The molecule has 2 atom stereocenters. The van der Waals surface area contributed by atoms with E-state index in [4.69, 9.17) is 10.8 Å². The average Bonchev–Trinajstić information content (AvgIpc) is 2.21. The van der Waals surface area contributed by atoms with Gasteiger partial charge in [0, 0.05) is 13.0 Å². The number of amides is 1. The van der Waals surface area contributed by atoms with E-state index in [-0.39, 0.29) is 23.7 Å². The van der Waals surface area contributed by atoms with Gasteiger partial charge in [0.05, 0.1) is 6.04 Å².